The molecule has 3 heterocycles. The molecular formula is C21H18N4O3S. The summed E-state index contributed by atoms with van der Waals surface area (Å²) in [6.07, 6.45) is 3.71. The monoisotopic (exact) mass is 406 g/mol. The molecule has 7 nitrogen and oxygen atoms in total. The Morgan fingerprint density at radius 1 is 1.17 bits per heavy atom. The zero-order valence-electron chi connectivity index (χ0n) is 15.9. The summed E-state index contributed by atoms with van der Waals surface area (Å²) in [7, 11) is 0. The second-order valence-electron chi connectivity index (χ2n) is 6.28. The van der Waals surface area contributed by atoms with Gasteiger partial charge in [0, 0.05) is 23.5 Å². The number of pyridine rings is 1. The highest BCUT2D eigenvalue weighted by molar-refractivity contribution is 7.17. The number of esters is 1. The van der Waals surface area contributed by atoms with E-state index in [0.717, 1.165) is 22.6 Å². The van der Waals surface area contributed by atoms with E-state index in [1.54, 1.807) is 32.2 Å². The number of aromatic nitrogens is 3. The molecule has 1 amide bonds. The molecule has 0 spiro atoms. The predicted octanol–water partition coefficient (Wildman–Crippen LogP) is 4.20. The summed E-state index contributed by atoms with van der Waals surface area (Å²) in [5.41, 5.74) is 3.48. The van der Waals surface area contributed by atoms with Crippen molar-refractivity contribution in [3.05, 3.63) is 71.0 Å². The third-order valence-electron chi connectivity index (χ3n) is 4.27. The standard InChI is InChI=1S/C21H18N4O3S/c1-3-28-20(27)18-13(2)22-21(29-18)24-19(26)15-9-10-25-12-16(23-17(25)11-15)14-7-5-4-6-8-14/h4-12H,3H2,1-2H3,(H,22,24,26). The number of hydrogen-bond acceptors (Lipinski definition) is 6. The van der Waals surface area contributed by atoms with Crippen molar-refractivity contribution in [1.29, 1.82) is 0 Å². The first-order chi connectivity index (χ1) is 14.0. The SMILES string of the molecule is CCOC(=O)c1sc(NC(=O)c2ccn3cc(-c4ccccc4)nc3c2)nc1C. The van der Waals surface area contributed by atoms with Gasteiger partial charge < -0.3 is 9.14 Å². The lowest BCUT2D eigenvalue weighted by Gasteiger charge is -2.02. The molecule has 0 fully saturated rings. The molecule has 1 aromatic carbocycles. The number of carbonyl (C=O) groups is 2. The van der Waals surface area contributed by atoms with Crippen molar-refractivity contribution in [2.45, 2.75) is 13.8 Å². The van der Waals surface area contributed by atoms with E-state index in [9.17, 15) is 9.59 Å². The van der Waals surface area contributed by atoms with Crippen LogP contribution in [0.1, 0.15) is 32.6 Å². The van der Waals surface area contributed by atoms with Crippen molar-refractivity contribution in [3.8, 4) is 11.3 Å². The van der Waals surface area contributed by atoms with Gasteiger partial charge in [-0.25, -0.2) is 14.8 Å². The van der Waals surface area contributed by atoms with Crippen LogP contribution < -0.4 is 5.32 Å². The molecule has 0 saturated heterocycles. The van der Waals surface area contributed by atoms with Gasteiger partial charge >= 0.3 is 5.97 Å². The number of nitrogens with one attached hydrogen (secondary N) is 1. The second-order valence-corrected chi connectivity index (χ2v) is 7.28. The minimum absolute atomic E-state index is 0.285. The first kappa shape index (κ1) is 18.8. The van der Waals surface area contributed by atoms with Gasteiger partial charge in [-0.3, -0.25) is 10.1 Å². The highest BCUT2D eigenvalue weighted by Gasteiger charge is 2.18. The number of benzene rings is 1. The summed E-state index contributed by atoms with van der Waals surface area (Å²) < 4.78 is 6.87. The third-order valence-corrected chi connectivity index (χ3v) is 5.32. The first-order valence-corrected chi connectivity index (χ1v) is 9.87. The normalized spacial score (nSPS) is 10.8. The zero-order chi connectivity index (χ0) is 20.4. The fourth-order valence-corrected chi connectivity index (χ4v) is 3.73. The summed E-state index contributed by atoms with van der Waals surface area (Å²) >= 11 is 1.10. The first-order valence-electron chi connectivity index (χ1n) is 9.05. The Morgan fingerprint density at radius 3 is 2.72 bits per heavy atom. The van der Waals surface area contributed by atoms with Crippen LogP contribution in [0.3, 0.4) is 0 Å². The van der Waals surface area contributed by atoms with Gasteiger partial charge in [0.15, 0.2) is 5.13 Å². The largest absolute Gasteiger partial charge is 0.462 e. The summed E-state index contributed by atoms with van der Waals surface area (Å²) in [6.45, 7) is 3.74. The molecule has 0 aliphatic rings. The summed E-state index contributed by atoms with van der Waals surface area (Å²) in [5, 5.41) is 3.09. The Morgan fingerprint density at radius 2 is 1.97 bits per heavy atom. The molecule has 1 N–H and O–H groups in total. The number of fused-ring (bicyclic) bond motifs is 1. The van der Waals surface area contributed by atoms with Crippen molar-refractivity contribution in [2.24, 2.45) is 0 Å². The Hall–Kier alpha value is -3.52. The number of nitrogens with zero attached hydrogens (tertiary/aromatic N) is 3. The molecule has 146 valence electrons. The Bertz CT molecular complexity index is 1200. The molecule has 0 atom stereocenters. The van der Waals surface area contributed by atoms with Crippen LogP contribution in [-0.4, -0.2) is 32.9 Å². The molecule has 0 saturated carbocycles. The van der Waals surface area contributed by atoms with Gasteiger partial charge in [0.05, 0.1) is 18.0 Å². The number of amides is 1. The Balaban J connectivity index is 1.56. The molecule has 0 aliphatic carbocycles. The van der Waals surface area contributed by atoms with E-state index in [1.807, 2.05) is 40.9 Å². The van der Waals surface area contributed by atoms with Gasteiger partial charge in [-0.1, -0.05) is 41.7 Å². The smallest absolute Gasteiger partial charge is 0.350 e. The highest BCUT2D eigenvalue weighted by atomic mass is 32.1. The number of aryl methyl sites for hydroxylation is 1. The number of carbonyl (C=O) groups excluding carboxylic acids is 2. The van der Waals surface area contributed by atoms with Crippen LogP contribution in [0.15, 0.2) is 54.9 Å². The van der Waals surface area contributed by atoms with Crippen LogP contribution in [0.25, 0.3) is 16.9 Å². The van der Waals surface area contributed by atoms with Crippen LogP contribution >= 0.6 is 11.3 Å². The maximum Gasteiger partial charge on any atom is 0.350 e. The van der Waals surface area contributed by atoms with E-state index in [-0.39, 0.29) is 12.5 Å². The number of imidazole rings is 1. The molecule has 0 bridgehead atoms. The average Bonchev–Trinajstić information content (AvgIpc) is 3.31. The van der Waals surface area contributed by atoms with E-state index >= 15 is 0 Å². The lowest BCUT2D eigenvalue weighted by molar-refractivity contribution is 0.0531. The van der Waals surface area contributed by atoms with E-state index in [0.29, 0.717) is 26.9 Å². The maximum absolute atomic E-state index is 12.7. The van der Waals surface area contributed by atoms with Crippen molar-refractivity contribution in [1.82, 2.24) is 14.4 Å². The average molecular weight is 406 g/mol. The molecule has 8 heteroatoms. The van der Waals surface area contributed by atoms with Crippen molar-refractivity contribution in [2.75, 3.05) is 11.9 Å². The van der Waals surface area contributed by atoms with Crippen molar-refractivity contribution in [3.63, 3.8) is 0 Å². The van der Waals surface area contributed by atoms with Gasteiger partial charge in [-0.15, -0.1) is 0 Å². The van der Waals surface area contributed by atoms with Gasteiger partial charge in [0.1, 0.15) is 10.5 Å². The molecule has 29 heavy (non-hydrogen) atoms. The van der Waals surface area contributed by atoms with E-state index in [1.165, 1.54) is 0 Å². The number of ether oxygens (including phenoxy) is 1. The Labute approximate surface area is 171 Å². The Kier molecular flexibility index (Phi) is 5.09. The topological polar surface area (TPSA) is 85.6 Å². The lowest BCUT2D eigenvalue weighted by atomic mass is 10.2. The van der Waals surface area contributed by atoms with E-state index < -0.39 is 5.97 Å². The van der Waals surface area contributed by atoms with Gasteiger partial charge in [-0.2, -0.15) is 0 Å². The second kappa shape index (κ2) is 7.84. The van der Waals surface area contributed by atoms with Crippen LogP contribution in [0.4, 0.5) is 5.13 Å². The number of anilines is 1. The quantitative estimate of drug-likeness (QED) is 0.502. The molecular weight excluding hydrogens is 388 g/mol. The van der Waals surface area contributed by atoms with Crippen molar-refractivity contribution >= 4 is 34.0 Å². The molecule has 3 aromatic heterocycles. The molecule has 0 radical (unpaired) electrons. The summed E-state index contributed by atoms with van der Waals surface area (Å²) in [6, 6.07) is 13.3. The number of hydrogen-bond donors (Lipinski definition) is 1. The molecule has 0 aliphatic heterocycles. The van der Waals surface area contributed by atoms with E-state index in [2.05, 4.69) is 15.3 Å². The summed E-state index contributed by atoms with van der Waals surface area (Å²) in [4.78, 5) is 33.8. The minimum Gasteiger partial charge on any atom is -0.462 e. The van der Waals surface area contributed by atoms with Gasteiger partial charge in [0.2, 0.25) is 0 Å². The number of thiazole rings is 1. The predicted molar refractivity (Wildman–Crippen MR) is 111 cm³/mol. The van der Waals surface area contributed by atoms with Crippen LogP contribution in [0.5, 0.6) is 0 Å². The fraction of sp³-hybridized carbons (Fsp3) is 0.143. The maximum atomic E-state index is 12.7. The lowest BCUT2D eigenvalue weighted by Crippen LogP contribution is -2.12. The van der Waals surface area contributed by atoms with E-state index in [4.69, 9.17) is 4.74 Å². The highest BCUT2D eigenvalue weighted by Crippen LogP contribution is 2.24. The number of rotatable bonds is 5. The fourth-order valence-electron chi connectivity index (χ4n) is 2.88. The minimum atomic E-state index is -0.435. The van der Waals surface area contributed by atoms with Crippen LogP contribution in [0.2, 0.25) is 0 Å². The van der Waals surface area contributed by atoms with Crippen LogP contribution in [-0.2, 0) is 4.74 Å². The zero-order valence-corrected chi connectivity index (χ0v) is 16.7. The van der Waals surface area contributed by atoms with Gasteiger partial charge in [-0.05, 0) is 26.0 Å². The van der Waals surface area contributed by atoms with Crippen molar-refractivity contribution < 1.29 is 14.3 Å². The molecule has 4 aromatic rings. The van der Waals surface area contributed by atoms with Crippen LogP contribution in [0, 0.1) is 6.92 Å². The summed E-state index contributed by atoms with van der Waals surface area (Å²) in [5.74, 6) is -0.754. The molecule has 0 unspecified atom stereocenters. The molecule has 4 rings (SSSR count). The third kappa shape index (κ3) is 3.88. The van der Waals surface area contributed by atoms with Gasteiger partial charge in [0.25, 0.3) is 5.91 Å².